The molecule has 0 spiro atoms. The molecule has 2 fully saturated rings. The molecule has 27 heavy (non-hydrogen) atoms. The van der Waals surface area contributed by atoms with Gasteiger partial charge in [0.2, 0.25) is 0 Å². The number of piperidine rings is 1. The molecule has 1 aromatic rings. The Bertz CT molecular complexity index is 678. The van der Waals surface area contributed by atoms with Crippen molar-refractivity contribution in [3.8, 4) is 0 Å². The lowest BCUT2D eigenvalue weighted by molar-refractivity contribution is -0.146. The average molecular weight is 374 g/mol. The highest BCUT2D eigenvalue weighted by Gasteiger charge is 2.43. The van der Waals surface area contributed by atoms with Crippen LogP contribution in [0.25, 0.3) is 0 Å². The Kier molecular flexibility index (Phi) is 6.37. The summed E-state index contributed by atoms with van der Waals surface area (Å²) in [7, 11) is 1.31. The number of carboxylic acids is 1. The Morgan fingerprint density at radius 3 is 2.78 bits per heavy atom. The van der Waals surface area contributed by atoms with Crippen molar-refractivity contribution in [2.45, 2.75) is 45.2 Å². The number of carbonyl (C=O) groups excluding carboxylic acids is 1. The van der Waals surface area contributed by atoms with E-state index in [0.717, 1.165) is 32.4 Å². The maximum absolute atomic E-state index is 12.0. The smallest absolute Gasteiger partial charge is 0.410 e. The van der Waals surface area contributed by atoms with Gasteiger partial charge in [0.1, 0.15) is 6.04 Å². The van der Waals surface area contributed by atoms with Crippen LogP contribution in [0, 0.1) is 24.7 Å². The van der Waals surface area contributed by atoms with Gasteiger partial charge < -0.3 is 15.2 Å². The number of nitrogens with one attached hydrogen (secondary N) is 1. The molecule has 1 aliphatic carbocycles. The van der Waals surface area contributed by atoms with E-state index in [1.807, 2.05) is 0 Å². The fourth-order valence-electron chi connectivity index (χ4n) is 4.73. The highest BCUT2D eigenvalue weighted by atomic mass is 16.5. The topological polar surface area (TPSA) is 78.9 Å². The molecule has 3 rings (SSSR count). The largest absolute Gasteiger partial charge is 0.480 e. The molecule has 4 atom stereocenters. The number of nitrogens with zero attached hydrogens (tertiary/aromatic N) is 1. The van der Waals surface area contributed by atoms with Crippen LogP contribution >= 0.6 is 0 Å². The van der Waals surface area contributed by atoms with Gasteiger partial charge in [-0.25, -0.2) is 9.59 Å². The molecule has 148 valence electrons. The predicted octanol–water partition coefficient (Wildman–Crippen LogP) is 3.04. The summed E-state index contributed by atoms with van der Waals surface area (Å²) in [6.07, 6.45) is 3.20. The molecule has 1 saturated heterocycles. The first-order chi connectivity index (χ1) is 13.0. The summed E-state index contributed by atoms with van der Waals surface area (Å²) in [5, 5.41) is 13.1. The molecule has 2 N–H and O–H groups in total. The van der Waals surface area contributed by atoms with Crippen molar-refractivity contribution < 1.29 is 19.4 Å². The molecule has 0 bridgehead atoms. The van der Waals surface area contributed by atoms with Crippen molar-refractivity contribution in [1.29, 1.82) is 0 Å². The third-order valence-corrected chi connectivity index (χ3v) is 6.12. The van der Waals surface area contributed by atoms with E-state index in [9.17, 15) is 14.7 Å². The highest BCUT2D eigenvalue weighted by molar-refractivity contribution is 5.80. The Morgan fingerprint density at radius 1 is 1.26 bits per heavy atom. The van der Waals surface area contributed by atoms with Crippen LogP contribution in [0.3, 0.4) is 0 Å². The first kappa shape index (κ1) is 19.7. The van der Waals surface area contributed by atoms with E-state index in [1.165, 1.54) is 23.1 Å². The fraction of sp³-hybridized carbons (Fsp3) is 0.619. The molecule has 6 heteroatoms. The van der Waals surface area contributed by atoms with E-state index in [-0.39, 0.29) is 0 Å². The first-order valence-corrected chi connectivity index (χ1v) is 9.81. The van der Waals surface area contributed by atoms with Crippen molar-refractivity contribution in [2.75, 3.05) is 20.2 Å². The van der Waals surface area contributed by atoms with Gasteiger partial charge in [-0.2, -0.15) is 0 Å². The highest BCUT2D eigenvalue weighted by Crippen LogP contribution is 2.41. The molecule has 1 heterocycles. The van der Waals surface area contributed by atoms with Gasteiger partial charge in [-0.1, -0.05) is 29.8 Å². The van der Waals surface area contributed by atoms with Crippen LogP contribution in [0.5, 0.6) is 0 Å². The Hall–Kier alpha value is -2.08. The number of carboxylic acid groups (broad SMARTS) is 1. The number of benzene rings is 1. The van der Waals surface area contributed by atoms with Crippen LogP contribution in [-0.4, -0.2) is 48.3 Å². The first-order valence-electron chi connectivity index (χ1n) is 9.81. The molecule has 0 radical (unpaired) electrons. The van der Waals surface area contributed by atoms with Crippen LogP contribution in [0.1, 0.15) is 36.8 Å². The third-order valence-electron chi connectivity index (χ3n) is 6.12. The lowest BCUT2D eigenvalue weighted by Crippen LogP contribution is -2.54. The van der Waals surface area contributed by atoms with E-state index in [4.69, 9.17) is 4.74 Å². The third kappa shape index (κ3) is 4.80. The minimum absolute atomic E-state index is 0.367. The summed E-state index contributed by atoms with van der Waals surface area (Å²) >= 11 is 0. The number of amides is 1. The van der Waals surface area contributed by atoms with Gasteiger partial charge in [0.25, 0.3) is 0 Å². The normalized spacial score (nSPS) is 27.7. The molecule has 1 aliphatic heterocycles. The fourth-order valence-corrected chi connectivity index (χ4v) is 4.73. The minimum atomic E-state index is -0.932. The summed E-state index contributed by atoms with van der Waals surface area (Å²) in [5.74, 6) is 0.382. The molecule has 6 nitrogen and oxygen atoms in total. The number of fused-ring (bicyclic) bond motifs is 1. The molecule has 3 unspecified atom stereocenters. The van der Waals surface area contributed by atoms with Gasteiger partial charge in [-0.3, -0.25) is 4.90 Å². The molecule has 1 saturated carbocycles. The average Bonchev–Trinajstić information content (AvgIpc) is 2.66. The molecule has 2 aliphatic rings. The maximum atomic E-state index is 12.0. The lowest BCUT2D eigenvalue weighted by Gasteiger charge is -2.45. The molecular weight excluding hydrogens is 344 g/mol. The Morgan fingerprint density at radius 2 is 2.07 bits per heavy atom. The number of aliphatic carboxylic acids is 1. The Balaban J connectivity index is 1.53. The van der Waals surface area contributed by atoms with Crippen LogP contribution < -0.4 is 5.32 Å². The van der Waals surface area contributed by atoms with Crippen LogP contribution in [-0.2, 0) is 16.1 Å². The SMILES string of the molecule is COC(=O)N1C[C@@H]2CCC(CNCc3cccc(C)c3)CC2CC1C(=O)O. The number of rotatable bonds is 5. The standard InChI is InChI=1S/C21H30N2O4/c1-14-4-3-5-15(8-14)11-22-12-16-6-7-17-13-23(21(26)27-2)19(20(24)25)10-18(17)9-16/h3-5,8,16-19,22H,6-7,9-13H2,1-2H3,(H,24,25)/t16?,17-,18?,19?/m0/s1. The second-order valence-corrected chi connectivity index (χ2v) is 8.03. The predicted molar refractivity (Wildman–Crippen MR) is 102 cm³/mol. The van der Waals surface area contributed by atoms with Crippen LogP contribution in [0.4, 0.5) is 4.79 Å². The minimum Gasteiger partial charge on any atom is -0.480 e. The summed E-state index contributed by atoms with van der Waals surface area (Å²) in [6.45, 7) is 4.41. The van der Waals surface area contributed by atoms with Crippen LogP contribution in [0.2, 0.25) is 0 Å². The van der Waals surface area contributed by atoms with E-state index in [1.54, 1.807) is 0 Å². The summed E-state index contributed by atoms with van der Waals surface area (Å²) in [5.41, 5.74) is 2.56. The summed E-state index contributed by atoms with van der Waals surface area (Å²) in [4.78, 5) is 25.0. The summed E-state index contributed by atoms with van der Waals surface area (Å²) in [6, 6.07) is 7.75. The van der Waals surface area contributed by atoms with Gasteiger partial charge in [0, 0.05) is 13.1 Å². The van der Waals surface area contributed by atoms with Crippen molar-refractivity contribution in [2.24, 2.45) is 17.8 Å². The van der Waals surface area contributed by atoms with Gasteiger partial charge in [0.05, 0.1) is 7.11 Å². The van der Waals surface area contributed by atoms with Gasteiger partial charge in [-0.05, 0) is 62.5 Å². The van der Waals surface area contributed by atoms with Crippen molar-refractivity contribution in [1.82, 2.24) is 10.2 Å². The molecule has 1 amide bonds. The number of hydrogen-bond donors (Lipinski definition) is 2. The van der Waals surface area contributed by atoms with Gasteiger partial charge in [-0.15, -0.1) is 0 Å². The van der Waals surface area contributed by atoms with Gasteiger partial charge >= 0.3 is 12.1 Å². The van der Waals surface area contributed by atoms with Crippen molar-refractivity contribution in [3.05, 3.63) is 35.4 Å². The monoisotopic (exact) mass is 374 g/mol. The van der Waals surface area contributed by atoms with Crippen molar-refractivity contribution >= 4 is 12.1 Å². The second-order valence-electron chi connectivity index (χ2n) is 8.03. The number of methoxy groups -OCH3 is 1. The zero-order valence-corrected chi connectivity index (χ0v) is 16.2. The van der Waals surface area contributed by atoms with E-state index in [2.05, 4.69) is 36.5 Å². The number of likely N-dealkylation sites (tertiary alicyclic amines) is 1. The van der Waals surface area contributed by atoms with Gasteiger partial charge in [0.15, 0.2) is 0 Å². The second kappa shape index (κ2) is 8.74. The number of aryl methyl sites for hydroxylation is 1. The van der Waals surface area contributed by atoms with E-state index < -0.39 is 18.1 Å². The van der Waals surface area contributed by atoms with Crippen molar-refractivity contribution in [3.63, 3.8) is 0 Å². The maximum Gasteiger partial charge on any atom is 0.410 e. The molecule has 1 aromatic carbocycles. The molecular formula is C21H30N2O4. The van der Waals surface area contributed by atoms with E-state index >= 15 is 0 Å². The number of hydrogen-bond acceptors (Lipinski definition) is 4. The lowest BCUT2D eigenvalue weighted by atomic mass is 9.69. The molecule has 0 aromatic heterocycles. The quantitative estimate of drug-likeness (QED) is 0.828. The van der Waals surface area contributed by atoms with E-state index in [0.29, 0.717) is 30.7 Å². The summed E-state index contributed by atoms with van der Waals surface area (Å²) < 4.78 is 4.79. The zero-order chi connectivity index (χ0) is 19.4. The Labute approximate surface area is 160 Å². The number of carbonyl (C=O) groups is 2. The van der Waals surface area contributed by atoms with Crippen LogP contribution in [0.15, 0.2) is 24.3 Å². The zero-order valence-electron chi connectivity index (χ0n) is 16.2. The number of ether oxygens (including phenoxy) is 1.